The molecule has 2 saturated carbocycles. The number of hydrogen-bond donors (Lipinski definition) is 1. The highest BCUT2D eigenvalue weighted by Crippen LogP contribution is 2.44. The Morgan fingerprint density at radius 3 is 2.46 bits per heavy atom. The van der Waals surface area contributed by atoms with Crippen LogP contribution in [0.1, 0.15) is 26.2 Å². The second kappa shape index (κ2) is 2.66. The van der Waals surface area contributed by atoms with Gasteiger partial charge < -0.3 is 5.32 Å². The Bertz CT molecular complexity index is 242. The van der Waals surface area contributed by atoms with Gasteiger partial charge in [-0.1, -0.05) is 6.92 Å². The number of carbonyl (C=O) groups excluding carboxylic acids is 1. The van der Waals surface area contributed by atoms with Crippen LogP contribution in [-0.4, -0.2) is 17.9 Å². The predicted octanol–water partition coefficient (Wildman–Crippen LogP) is 1.56. The molecule has 0 bridgehead atoms. The van der Waals surface area contributed by atoms with Gasteiger partial charge in [0.05, 0.1) is 0 Å². The minimum absolute atomic E-state index is 0.134. The van der Waals surface area contributed by atoms with Gasteiger partial charge in [-0.3, -0.25) is 4.79 Å². The lowest BCUT2D eigenvalue weighted by Crippen LogP contribution is -2.49. The van der Waals surface area contributed by atoms with Gasteiger partial charge in [-0.2, -0.15) is 0 Å². The molecule has 1 unspecified atom stereocenters. The van der Waals surface area contributed by atoms with Crippen molar-refractivity contribution in [2.24, 2.45) is 11.8 Å². The number of hydrogen-bond acceptors (Lipinski definition) is 1. The number of rotatable bonds is 2. The van der Waals surface area contributed by atoms with Gasteiger partial charge in [0, 0.05) is 12.5 Å². The predicted molar refractivity (Wildman–Crippen MR) is 43.4 cm³/mol. The van der Waals surface area contributed by atoms with Crippen molar-refractivity contribution in [1.82, 2.24) is 5.32 Å². The molecule has 3 atom stereocenters. The van der Waals surface area contributed by atoms with Crippen LogP contribution in [0.5, 0.6) is 0 Å². The van der Waals surface area contributed by atoms with Crippen molar-refractivity contribution in [3.63, 3.8) is 0 Å². The van der Waals surface area contributed by atoms with Crippen LogP contribution >= 0.6 is 0 Å². The average molecular weight is 189 g/mol. The number of alkyl halides is 2. The van der Waals surface area contributed by atoms with E-state index in [0.29, 0.717) is 12.3 Å². The van der Waals surface area contributed by atoms with E-state index in [-0.39, 0.29) is 12.5 Å². The summed E-state index contributed by atoms with van der Waals surface area (Å²) in [6.07, 6.45) is 1.13. The van der Waals surface area contributed by atoms with Gasteiger partial charge in [0.15, 0.2) is 0 Å². The van der Waals surface area contributed by atoms with Crippen LogP contribution in [0.4, 0.5) is 8.78 Å². The first-order chi connectivity index (χ1) is 6.00. The van der Waals surface area contributed by atoms with E-state index in [9.17, 15) is 13.6 Å². The third-order valence-corrected chi connectivity index (χ3v) is 3.03. The van der Waals surface area contributed by atoms with Crippen molar-refractivity contribution in [1.29, 1.82) is 0 Å². The maximum Gasteiger partial charge on any atom is 0.259 e. The summed E-state index contributed by atoms with van der Waals surface area (Å²) in [5.74, 6) is -3.79. The monoisotopic (exact) mass is 189 g/mol. The van der Waals surface area contributed by atoms with Gasteiger partial charge in [-0.25, -0.2) is 8.78 Å². The van der Waals surface area contributed by atoms with Gasteiger partial charge in [0.1, 0.15) is 5.92 Å². The fraction of sp³-hybridized carbons (Fsp3) is 0.889. The second-order valence-corrected chi connectivity index (χ2v) is 4.18. The quantitative estimate of drug-likeness (QED) is 0.701. The fourth-order valence-corrected chi connectivity index (χ4v) is 1.64. The maximum absolute atomic E-state index is 12.8. The Hall–Kier alpha value is -0.670. The molecule has 2 nitrogen and oxygen atoms in total. The Morgan fingerprint density at radius 1 is 1.54 bits per heavy atom. The smallest absolute Gasteiger partial charge is 0.259 e. The normalized spacial score (nSPS) is 40.7. The summed E-state index contributed by atoms with van der Waals surface area (Å²) in [4.78, 5) is 11.2. The SMILES string of the molecule is C[C@@H]1C[C@H]1NC(=O)C1CCC1(F)F. The van der Waals surface area contributed by atoms with Crippen LogP contribution in [-0.2, 0) is 4.79 Å². The van der Waals surface area contributed by atoms with Crippen molar-refractivity contribution >= 4 is 5.91 Å². The molecule has 0 aromatic rings. The molecule has 2 rings (SSSR count). The van der Waals surface area contributed by atoms with Crippen molar-refractivity contribution in [3.05, 3.63) is 0 Å². The van der Waals surface area contributed by atoms with E-state index in [2.05, 4.69) is 5.32 Å². The average Bonchev–Trinajstić information content (AvgIpc) is 2.64. The molecule has 2 aliphatic carbocycles. The molecule has 0 radical (unpaired) electrons. The number of halogens is 2. The lowest BCUT2D eigenvalue weighted by Gasteiger charge is -2.34. The van der Waals surface area contributed by atoms with Crippen molar-refractivity contribution < 1.29 is 13.6 Å². The molecule has 1 N–H and O–H groups in total. The van der Waals surface area contributed by atoms with Crippen LogP contribution in [0.2, 0.25) is 0 Å². The van der Waals surface area contributed by atoms with Gasteiger partial charge in [0.2, 0.25) is 5.91 Å². The van der Waals surface area contributed by atoms with E-state index in [0.717, 1.165) is 6.42 Å². The minimum Gasteiger partial charge on any atom is -0.353 e. The highest BCUT2D eigenvalue weighted by atomic mass is 19.3. The molecule has 0 aliphatic heterocycles. The zero-order valence-electron chi connectivity index (χ0n) is 7.52. The molecule has 0 heterocycles. The highest BCUT2D eigenvalue weighted by molar-refractivity contribution is 5.81. The summed E-state index contributed by atoms with van der Waals surface area (Å²) in [5, 5.41) is 2.64. The number of nitrogens with one attached hydrogen (secondary N) is 1. The summed E-state index contributed by atoms with van der Waals surface area (Å²) in [6, 6.07) is 0.156. The zero-order chi connectivity index (χ0) is 9.64. The third-order valence-electron chi connectivity index (χ3n) is 3.03. The molecule has 1 amide bonds. The van der Waals surface area contributed by atoms with E-state index in [1.807, 2.05) is 6.92 Å². The summed E-state index contributed by atoms with van der Waals surface area (Å²) < 4.78 is 25.5. The summed E-state index contributed by atoms with van der Waals surface area (Å²) in [7, 11) is 0. The van der Waals surface area contributed by atoms with Gasteiger partial charge in [0.25, 0.3) is 5.92 Å². The Balaban J connectivity index is 1.84. The molecule has 0 aromatic carbocycles. The van der Waals surface area contributed by atoms with Crippen molar-refractivity contribution in [3.8, 4) is 0 Å². The number of carbonyl (C=O) groups is 1. The first kappa shape index (κ1) is 8.91. The second-order valence-electron chi connectivity index (χ2n) is 4.18. The standard InChI is InChI=1S/C9H13F2NO/c1-5-4-7(5)12-8(13)6-2-3-9(6,10)11/h5-7H,2-4H2,1H3,(H,12,13)/t5-,6?,7-/m1/s1. The summed E-state index contributed by atoms with van der Waals surface area (Å²) >= 11 is 0. The van der Waals surface area contributed by atoms with Crippen LogP contribution < -0.4 is 5.32 Å². The van der Waals surface area contributed by atoms with E-state index in [1.54, 1.807) is 0 Å². The van der Waals surface area contributed by atoms with Crippen LogP contribution in [0.25, 0.3) is 0 Å². The fourth-order valence-electron chi connectivity index (χ4n) is 1.64. The third kappa shape index (κ3) is 1.54. The lowest BCUT2D eigenvalue weighted by atomic mass is 9.80. The molecular weight excluding hydrogens is 176 g/mol. The van der Waals surface area contributed by atoms with Crippen molar-refractivity contribution in [2.45, 2.75) is 38.2 Å². The first-order valence-electron chi connectivity index (χ1n) is 4.69. The summed E-state index contributed by atoms with van der Waals surface area (Å²) in [6.45, 7) is 2.00. The Morgan fingerprint density at radius 2 is 2.15 bits per heavy atom. The van der Waals surface area contributed by atoms with E-state index >= 15 is 0 Å². The van der Waals surface area contributed by atoms with Crippen LogP contribution in [0.15, 0.2) is 0 Å². The van der Waals surface area contributed by atoms with Gasteiger partial charge in [-0.15, -0.1) is 0 Å². The minimum atomic E-state index is -2.75. The molecule has 2 fully saturated rings. The molecule has 2 aliphatic rings. The molecule has 74 valence electrons. The lowest BCUT2D eigenvalue weighted by molar-refractivity contribution is -0.162. The van der Waals surface area contributed by atoms with Crippen LogP contribution in [0.3, 0.4) is 0 Å². The molecule has 13 heavy (non-hydrogen) atoms. The van der Waals surface area contributed by atoms with E-state index in [4.69, 9.17) is 0 Å². The zero-order valence-corrected chi connectivity index (χ0v) is 7.52. The first-order valence-corrected chi connectivity index (χ1v) is 4.69. The Labute approximate surface area is 75.7 Å². The maximum atomic E-state index is 12.8. The van der Waals surface area contributed by atoms with Crippen molar-refractivity contribution in [2.75, 3.05) is 0 Å². The topological polar surface area (TPSA) is 29.1 Å². The largest absolute Gasteiger partial charge is 0.353 e. The van der Waals surface area contributed by atoms with E-state index in [1.165, 1.54) is 0 Å². The molecule has 0 aromatic heterocycles. The van der Waals surface area contributed by atoms with E-state index < -0.39 is 17.7 Å². The molecule has 4 heteroatoms. The number of amides is 1. The van der Waals surface area contributed by atoms with Gasteiger partial charge in [-0.05, 0) is 18.8 Å². The highest BCUT2D eigenvalue weighted by Gasteiger charge is 2.53. The van der Waals surface area contributed by atoms with Crippen LogP contribution in [0, 0.1) is 11.8 Å². The molecule has 0 spiro atoms. The Kier molecular flexibility index (Phi) is 1.82. The molecule has 0 saturated heterocycles. The summed E-state index contributed by atoms with van der Waals surface area (Å²) in [5.41, 5.74) is 0. The van der Waals surface area contributed by atoms with Gasteiger partial charge >= 0.3 is 0 Å². The molecular formula is C9H13F2NO.